The van der Waals surface area contributed by atoms with E-state index in [2.05, 4.69) is 121 Å². The second-order valence-electron chi connectivity index (χ2n) is 10.5. The van der Waals surface area contributed by atoms with Gasteiger partial charge in [-0.2, -0.15) is 0 Å². The molecule has 0 saturated heterocycles. The van der Waals surface area contributed by atoms with Crippen molar-refractivity contribution in [3.05, 3.63) is 139 Å². The maximum absolute atomic E-state index is 5.17. The van der Waals surface area contributed by atoms with Crippen LogP contribution in [0.5, 0.6) is 0 Å². The summed E-state index contributed by atoms with van der Waals surface area (Å²) in [6, 6.07) is 42.7. The highest BCUT2D eigenvalue weighted by Crippen LogP contribution is 2.49. The number of pyridine rings is 1. The van der Waals surface area contributed by atoms with Crippen LogP contribution < -0.4 is 0 Å². The molecule has 0 fully saturated rings. The van der Waals surface area contributed by atoms with E-state index in [4.69, 9.17) is 9.97 Å². The summed E-state index contributed by atoms with van der Waals surface area (Å²) in [5.74, 6) is 0.730. The van der Waals surface area contributed by atoms with E-state index in [1.165, 1.54) is 38.6 Å². The van der Waals surface area contributed by atoms with Crippen LogP contribution in [0.4, 0.5) is 0 Å². The summed E-state index contributed by atoms with van der Waals surface area (Å²) in [4.78, 5) is 14.6. The minimum atomic E-state index is 0.730. The molecule has 3 nitrogen and oxygen atoms in total. The molecule has 3 heteroatoms. The van der Waals surface area contributed by atoms with Gasteiger partial charge in [-0.1, -0.05) is 103 Å². The summed E-state index contributed by atoms with van der Waals surface area (Å²) in [6.07, 6.45) is 3.76. The van der Waals surface area contributed by atoms with Crippen molar-refractivity contribution < 1.29 is 0 Å². The molecular formula is C38H25N3. The van der Waals surface area contributed by atoms with Crippen molar-refractivity contribution in [2.24, 2.45) is 0 Å². The standard InChI is InChI=1S/C38H25N3/c1-24-20-21-39-23-34(24)25-14-16-27(17-15-25)36-22-35(26-8-3-2-4-9-26)40-38(41-36)33-19-18-32-29-11-6-5-10-28(29)30-12-7-13-31(33)37(30)32/h2-23H,1H3. The van der Waals surface area contributed by atoms with Crippen molar-refractivity contribution in [1.29, 1.82) is 0 Å². The smallest absolute Gasteiger partial charge is 0.161 e. The lowest BCUT2D eigenvalue weighted by molar-refractivity contribution is 1.19. The van der Waals surface area contributed by atoms with Crippen molar-refractivity contribution in [3.63, 3.8) is 0 Å². The van der Waals surface area contributed by atoms with Crippen molar-refractivity contribution in [3.8, 4) is 67.3 Å². The summed E-state index contributed by atoms with van der Waals surface area (Å²) >= 11 is 0. The molecule has 1 aliphatic rings. The van der Waals surface area contributed by atoms with Gasteiger partial charge in [0.25, 0.3) is 0 Å². The lowest BCUT2D eigenvalue weighted by Crippen LogP contribution is -1.97. The van der Waals surface area contributed by atoms with E-state index in [9.17, 15) is 0 Å². The predicted octanol–water partition coefficient (Wildman–Crippen LogP) is 9.65. The third-order valence-electron chi connectivity index (χ3n) is 8.12. The SMILES string of the molecule is Cc1ccncc1-c1ccc(-c2cc(-c3ccccc3)nc(-c3ccc4c5c(cccc35)-c3ccccc3-4)n2)cc1. The fraction of sp³-hybridized carbons (Fsp3) is 0.0263. The molecule has 0 atom stereocenters. The van der Waals surface area contributed by atoms with Gasteiger partial charge in [-0.25, -0.2) is 9.97 Å². The molecule has 1 aliphatic carbocycles. The fourth-order valence-electron chi connectivity index (χ4n) is 6.06. The molecule has 41 heavy (non-hydrogen) atoms. The van der Waals surface area contributed by atoms with E-state index in [1.54, 1.807) is 0 Å². The van der Waals surface area contributed by atoms with Crippen LogP contribution in [0.2, 0.25) is 0 Å². The maximum atomic E-state index is 5.17. The summed E-state index contributed by atoms with van der Waals surface area (Å²) in [5.41, 5.74) is 13.6. The van der Waals surface area contributed by atoms with Gasteiger partial charge in [0.1, 0.15) is 0 Å². The molecule has 2 heterocycles. The number of aromatic nitrogens is 3. The number of benzene rings is 5. The van der Waals surface area contributed by atoms with Crippen molar-refractivity contribution in [2.75, 3.05) is 0 Å². The maximum Gasteiger partial charge on any atom is 0.161 e. The molecular weight excluding hydrogens is 498 g/mol. The van der Waals surface area contributed by atoms with Gasteiger partial charge in [-0.05, 0) is 69.3 Å². The second-order valence-corrected chi connectivity index (χ2v) is 10.5. The zero-order valence-corrected chi connectivity index (χ0v) is 22.5. The monoisotopic (exact) mass is 523 g/mol. The Labute approximate surface area is 238 Å². The molecule has 7 aromatic rings. The molecule has 0 radical (unpaired) electrons. The number of hydrogen-bond acceptors (Lipinski definition) is 3. The van der Waals surface area contributed by atoms with Gasteiger partial charge >= 0.3 is 0 Å². The zero-order valence-electron chi connectivity index (χ0n) is 22.5. The normalized spacial score (nSPS) is 11.5. The predicted molar refractivity (Wildman–Crippen MR) is 168 cm³/mol. The van der Waals surface area contributed by atoms with Gasteiger partial charge in [-0.15, -0.1) is 0 Å². The minimum Gasteiger partial charge on any atom is -0.264 e. The molecule has 0 spiro atoms. The molecule has 0 N–H and O–H groups in total. The first-order valence-electron chi connectivity index (χ1n) is 13.9. The van der Waals surface area contributed by atoms with Gasteiger partial charge in [0.15, 0.2) is 5.82 Å². The molecule has 0 saturated carbocycles. The Balaban J connectivity index is 1.31. The van der Waals surface area contributed by atoms with E-state index in [1.807, 2.05) is 24.5 Å². The van der Waals surface area contributed by atoms with E-state index < -0.39 is 0 Å². The van der Waals surface area contributed by atoms with Gasteiger partial charge in [0.05, 0.1) is 11.4 Å². The van der Waals surface area contributed by atoms with E-state index >= 15 is 0 Å². The number of rotatable bonds is 4. The number of aryl methyl sites for hydroxylation is 1. The molecule has 192 valence electrons. The van der Waals surface area contributed by atoms with Crippen molar-refractivity contribution >= 4 is 10.8 Å². The van der Waals surface area contributed by atoms with Crippen molar-refractivity contribution in [2.45, 2.75) is 6.92 Å². The highest BCUT2D eigenvalue weighted by molar-refractivity contribution is 6.18. The van der Waals surface area contributed by atoms with Crippen LogP contribution >= 0.6 is 0 Å². The molecule has 2 aromatic heterocycles. The minimum absolute atomic E-state index is 0.730. The van der Waals surface area contributed by atoms with Gasteiger partial charge in [-0.3, -0.25) is 4.98 Å². The first-order chi connectivity index (χ1) is 20.2. The van der Waals surface area contributed by atoms with Crippen LogP contribution in [0.15, 0.2) is 134 Å². The lowest BCUT2D eigenvalue weighted by atomic mass is 9.97. The molecule has 8 rings (SSSR count). The summed E-state index contributed by atoms with van der Waals surface area (Å²) in [7, 11) is 0. The van der Waals surface area contributed by atoms with Gasteiger partial charge in [0, 0.05) is 34.6 Å². The zero-order chi connectivity index (χ0) is 27.3. The Morgan fingerprint density at radius 1 is 0.463 bits per heavy atom. The Kier molecular flexibility index (Phi) is 5.36. The summed E-state index contributed by atoms with van der Waals surface area (Å²) in [5, 5.41) is 2.45. The first-order valence-corrected chi connectivity index (χ1v) is 13.9. The van der Waals surface area contributed by atoms with E-state index in [0.717, 1.165) is 45.0 Å². The highest BCUT2D eigenvalue weighted by Gasteiger charge is 2.23. The Morgan fingerprint density at radius 2 is 1.07 bits per heavy atom. The van der Waals surface area contributed by atoms with Crippen LogP contribution in [0.1, 0.15) is 5.56 Å². The molecule has 0 bridgehead atoms. The Hall–Kier alpha value is -5.41. The van der Waals surface area contributed by atoms with E-state index in [-0.39, 0.29) is 0 Å². The van der Waals surface area contributed by atoms with Crippen LogP contribution in [-0.4, -0.2) is 15.0 Å². The quantitative estimate of drug-likeness (QED) is 0.230. The lowest BCUT2D eigenvalue weighted by Gasteiger charge is -2.13. The second kappa shape index (κ2) is 9.35. The highest BCUT2D eigenvalue weighted by atomic mass is 14.9. The van der Waals surface area contributed by atoms with Crippen molar-refractivity contribution in [1.82, 2.24) is 15.0 Å². The van der Waals surface area contributed by atoms with Gasteiger partial charge < -0.3 is 0 Å². The molecule has 0 aliphatic heterocycles. The number of hydrogen-bond donors (Lipinski definition) is 0. The molecule has 0 amide bonds. The van der Waals surface area contributed by atoms with Gasteiger partial charge in [0.2, 0.25) is 0 Å². The van der Waals surface area contributed by atoms with Crippen LogP contribution in [-0.2, 0) is 0 Å². The summed E-state index contributed by atoms with van der Waals surface area (Å²) in [6.45, 7) is 2.12. The average molecular weight is 524 g/mol. The van der Waals surface area contributed by atoms with Crippen LogP contribution in [0.25, 0.3) is 78.1 Å². The Morgan fingerprint density at radius 3 is 1.80 bits per heavy atom. The largest absolute Gasteiger partial charge is 0.264 e. The third kappa shape index (κ3) is 3.86. The molecule has 0 unspecified atom stereocenters. The summed E-state index contributed by atoms with van der Waals surface area (Å²) < 4.78 is 0. The fourth-order valence-corrected chi connectivity index (χ4v) is 6.06. The topological polar surface area (TPSA) is 38.7 Å². The van der Waals surface area contributed by atoms with Crippen LogP contribution in [0.3, 0.4) is 0 Å². The molecule has 5 aromatic carbocycles. The number of fused-ring (bicyclic) bond motifs is 3. The van der Waals surface area contributed by atoms with E-state index in [0.29, 0.717) is 0 Å². The number of nitrogens with zero attached hydrogens (tertiary/aromatic N) is 3. The van der Waals surface area contributed by atoms with Crippen LogP contribution in [0, 0.1) is 6.92 Å². The Bertz CT molecular complexity index is 2070. The third-order valence-corrected chi connectivity index (χ3v) is 8.12. The first kappa shape index (κ1) is 23.5. The average Bonchev–Trinajstić information content (AvgIpc) is 3.37.